The van der Waals surface area contributed by atoms with Crippen LogP contribution >= 0.6 is 0 Å². The molecule has 0 aliphatic rings. The monoisotopic (exact) mass is 239 g/mol. The summed E-state index contributed by atoms with van der Waals surface area (Å²) in [6.07, 6.45) is -2.79. The molecule has 1 rings (SSSR count). The Morgan fingerprint density at radius 3 is 2.41 bits per heavy atom. The lowest BCUT2D eigenvalue weighted by Gasteiger charge is -2.18. The molecule has 8 N–H and O–H groups in total. The van der Waals surface area contributed by atoms with E-state index in [-0.39, 0.29) is 6.42 Å². The smallest absolute Gasteiger partial charge is 0.220 e. The van der Waals surface area contributed by atoms with Crippen LogP contribution in [0.2, 0.25) is 0 Å². The lowest BCUT2D eigenvalue weighted by Crippen LogP contribution is -2.25. The van der Waals surface area contributed by atoms with Gasteiger partial charge in [0.2, 0.25) is 5.91 Å². The molecule has 1 aromatic carbocycles. The second-order valence-corrected chi connectivity index (χ2v) is 4.02. The Morgan fingerprint density at radius 1 is 1.35 bits per heavy atom. The van der Waals surface area contributed by atoms with E-state index in [4.69, 9.17) is 17.2 Å². The average Bonchev–Trinajstić information content (AvgIpc) is 2.23. The number of aliphatic hydroxyl groups is 2. The summed E-state index contributed by atoms with van der Waals surface area (Å²) in [5, 5.41) is 19.4. The van der Waals surface area contributed by atoms with Crippen LogP contribution in [0.15, 0.2) is 12.1 Å². The van der Waals surface area contributed by atoms with Gasteiger partial charge in [-0.25, -0.2) is 0 Å². The molecule has 94 valence electrons. The summed E-state index contributed by atoms with van der Waals surface area (Å²) in [7, 11) is 0. The minimum absolute atomic E-state index is 0.315. The number of amides is 1. The number of rotatable bonds is 4. The zero-order valence-electron chi connectivity index (χ0n) is 9.55. The highest BCUT2D eigenvalue weighted by molar-refractivity contribution is 5.74. The van der Waals surface area contributed by atoms with Crippen LogP contribution in [0.1, 0.15) is 23.7 Å². The van der Waals surface area contributed by atoms with Gasteiger partial charge in [0.25, 0.3) is 0 Å². The van der Waals surface area contributed by atoms with Gasteiger partial charge in [-0.2, -0.15) is 0 Å². The first-order valence-electron chi connectivity index (χ1n) is 5.13. The molecule has 0 aliphatic carbocycles. The van der Waals surface area contributed by atoms with Crippen molar-refractivity contribution in [1.82, 2.24) is 0 Å². The summed E-state index contributed by atoms with van der Waals surface area (Å²) in [4.78, 5) is 10.6. The number of primary amides is 1. The molecule has 2 atom stereocenters. The van der Waals surface area contributed by atoms with Crippen molar-refractivity contribution >= 4 is 17.3 Å². The number of aryl methyl sites for hydroxylation is 1. The van der Waals surface area contributed by atoms with Gasteiger partial charge in [-0.15, -0.1) is 0 Å². The number of benzene rings is 1. The molecule has 0 saturated carbocycles. The molecule has 0 spiro atoms. The first-order chi connectivity index (χ1) is 7.82. The van der Waals surface area contributed by atoms with Gasteiger partial charge in [0.1, 0.15) is 6.10 Å². The predicted molar refractivity (Wildman–Crippen MR) is 64.8 cm³/mol. The van der Waals surface area contributed by atoms with Crippen LogP contribution in [0.4, 0.5) is 11.4 Å². The molecular formula is C11H17N3O3. The first-order valence-corrected chi connectivity index (χ1v) is 5.13. The van der Waals surface area contributed by atoms with E-state index >= 15 is 0 Å². The molecule has 1 aromatic rings. The highest BCUT2D eigenvalue weighted by atomic mass is 16.3. The topological polar surface area (TPSA) is 136 Å². The van der Waals surface area contributed by atoms with Crippen molar-refractivity contribution < 1.29 is 15.0 Å². The number of carbonyl (C=O) groups is 1. The maximum atomic E-state index is 10.6. The molecule has 17 heavy (non-hydrogen) atoms. The lowest BCUT2D eigenvalue weighted by molar-refractivity contribution is -0.121. The van der Waals surface area contributed by atoms with Gasteiger partial charge in [-0.1, -0.05) is 6.07 Å². The first kappa shape index (κ1) is 13.3. The quantitative estimate of drug-likeness (QED) is 0.448. The van der Waals surface area contributed by atoms with Gasteiger partial charge in [0, 0.05) is 0 Å². The standard InChI is InChI=1S/C11H17N3O3/c1-5-2-6(3-7(12)10(5)14)11(17)8(15)4-9(13)16/h2-3,8,11,15,17H,4,12,14H2,1H3,(H2,13,16). The van der Waals surface area contributed by atoms with Gasteiger partial charge < -0.3 is 27.4 Å². The maximum Gasteiger partial charge on any atom is 0.220 e. The third kappa shape index (κ3) is 3.08. The van der Waals surface area contributed by atoms with Gasteiger partial charge >= 0.3 is 0 Å². The number of nitrogens with two attached hydrogens (primary N) is 3. The third-order valence-corrected chi connectivity index (χ3v) is 2.56. The lowest BCUT2D eigenvalue weighted by atomic mass is 9.98. The fourth-order valence-corrected chi connectivity index (χ4v) is 1.57. The molecular weight excluding hydrogens is 222 g/mol. The Kier molecular flexibility index (Phi) is 3.93. The molecule has 2 unspecified atom stereocenters. The van der Waals surface area contributed by atoms with Crippen molar-refractivity contribution in [2.75, 3.05) is 11.5 Å². The van der Waals surface area contributed by atoms with Crippen molar-refractivity contribution in [3.63, 3.8) is 0 Å². The van der Waals surface area contributed by atoms with Crippen molar-refractivity contribution in [2.45, 2.75) is 25.6 Å². The van der Waals surface area contributed by atoms with Crippen molar-refractivity contribution in [3.8, 4) is 0 Å². The molecule has 0 bridgehead atoms. The number of carbonyl (C=O) groups excluding carboxylic acids is 1. The highest BCUT2D eigenvalue weighted by Crippen LogP contribution is 2.27. The van der Waals surface area contributed by atoms with E-state index in [1.807, 2.05) is 0 Å². The largest absolute Gasteiger partial charge is 0.397 e. The molecule has 6 nitrogen and oxygen atoms in total. The number of anilines is 2. The van der Waals surface area contributed by atoms with Crippen LogP contribution in [-0.4, -0.2) is 22.2 Å². The fraction of sp³-hybridized carbons (Fsp3) is 0.364. The van der Waals surface area contributed by atoms with Gasteiger partial charge in [-0.3, -0.25) is 4.79 Å². The van der Waals surface area contributed by atoms with E-state index in [0.717, 1.165) is 0 Å². The second kappa shape index (κ2) is 5.03. The zero-order chi connectivity index (χ0) is 13.2. The third-order valence-electron chi connectivity index (χ3n) is 2.56. The van der Waals surface area contributed by atoms with Crippen LogP contribution in [-0.2, 0) is 4.79 Å². The maximum absolute atomic E-state index is 10.6. The van der Waals surface area contributed by atoms with Crippen molar-refractivity contribution in [2.24, 2.45) is 5.73 Å². The second-order valence-electron chi connectivity index (χ2n) is 4.02. The summed E-state index contributed by atoms with van der Waals surface area (Å²) >= 11 is 0. The SMILES string of the molecule is Cc1cc(C(O)C(O)CC(N)=O)cc(N)c1N. The van der Waals surface area contributed by atoms with Crippen molar-refractivity contribution in [3.05, 3.63) is 23.3 Å². The van der Waals surface area contributed by atoms with Gasteiger partial charge in [-0.05, 0) is 24.1 Å². The molecule has 0 fully saturated rings. The minimum Gasteiger partial charge on any atom is -0.397 e. The molecule has 0 heterocycles. The van der Waals surface area contributed by atoms with E-state index in [9.17, 15) is 15.0 Å². The Bertz CT molecular complexity index is 411. The number of nitrogen functional groups attached to an aromatic ring is 2. The Hall–Kier alpha value is -1.79. The fourth-order valence-electron chi connectivity index (χ4n) is 1.57. The zero-order valence-corrected chi connectivity index (χ0v) is 9.55. The number of aliphatic hydroxyl groups excluding tert-OH is 2. The summed E-state index contributed by atoms with van der Waals surface area (Å²) < 4.78 is 0. The van der Waals surface area contributed by atoms with Gasteiger partial charge in [0.15, 0.2) is 0 Å². The Labute approximate surface area is 99.0 Å². The van der Waals surface area contributed by atoms with Crippen LogP contribution in [0.25, 0.3) is 0 Å². The number of hydrogen-bond donors (Lipinski definition) is 5. The normalized spacial score (nSPS) is 14.3. The molecule has 0 saturated heterocycles. The summed E-state index contributed by atoms with van der Waals surface area (Å²) in [5.74, 6) is -0.684. The molecule has 0 aromatic heterocycles. The van der Waals surface area contributed by atoms with Crippen LogP contribution in [0, 0.1) is 6.92 Å². The summed E-state index contributed by atoms with van der Waals surface area (Å²) in [6.45, 7) is 1.74. The Morgan fingerprint density at radius 2 is 1.94 bits per heavy atom. The highest BCUT2D eigenvalue weighted by Gasteiger charge is 2.21. The van der Waals surface area contributed by atoms with Crippen LogP contribution in [0.5, 0.6) is 0 Å². The molecule has 0 radical (unpaired) electrons. The van der Waals surface area contributed by atoms with Gasteiger partial charge in [0.05, 0.1) is 23.9 Å². The van der Waals surface area contributed by atoms with E-state index in [1.54, 1.807) is 13.0 Å². The molecule has 6 heteroatoms. The summed E-state index contributed by atoms with van der Waals surface area (Å²) in [6, 6.07) is 3.08. The van der Waals surface area contributed by atoms with Crippen molar-refractivity contribution in [1.29, 1.82) is 0 Å². The summed E-state index contributed by atoms with van der Waals surface area (Å²) in [5.41, 5.74) is 18.1. The number of hydrogen-bond acceptors (Lipinski definition) is 5. The predicted octanol–water partition coefficient (Wildman–Crippen LogP) is -0.571. The Balaban J connectivity index is 2.96. The van der Waals surface area contributed by atoms with E-state index < -0.39 is 18.1 Å². The molecule has 0 aliphatic heterocycles. The van der Waals surface area contributed by atoms with Crippen LogP contribution in [0.3, 0.4) is 0 Å². The molecule has 1 amide bonds. The van der Waals surface area contributed by atoms with E-state index in [1.165, 1.54) is 6.07 Å². The van der Waals surface area contributed by atoms with Crippen LogP contribution < -0.4 is 17.2 Å². The average molecular weight is 239 g/mol. The van der Waals surface area contributed by atoms with E-state index in [0.29, 0.717) is 22.5 Å². The minimum atomic E-state index is -1.25. The van der Waals surface area contributed by atoms with E-state index in [2.05, 4.69) is 0 Å².